The molecule has 2 rings (SSSR count). The molecular formula is C15H24N2O. The molecule has 0 spiro atoms. The molecule has 1 aromatic rings. The first kappa shape index (κ1) is 13.5. The minimum absolute atomic E-state index is 0.338. The third kappa shape index (κ3) is 3.80. The van der Waals surface area contributed by atoms with Crippen molar-refractivity contribution in [2.24, 2.45) is 5.73 Å². The van der Waals surface area contributed by atoms with Crippen LogP contribution >= 0.6 is 0 Å². The van der Waals surface area contributed by atoms with E-state index in [4.69, 9.17) is 10.5 Å². The van der Waals surface area contributed by atoms with E-state index in [1.165, 1.54) is 11.1 Å². The van der Waals surface area contributed by atoms with Gasteiger partial charge in [0.1, 0.15) is 0 Å². The van der Waals surface area contributed by atoms with Crippen LogP contribution in [-0.2, 0) is 17.7 Å². The van der Waals surface area contributed by atoms with Crippen LogP contribution in [0, 0.1) is 0 Å². The van der Waals surface area contributed by atoms with Crippen molar-refractivity contribution in [3.63, 3.8) is 0 Å². The Morgan fingerprint density at radius 1 is 1.11 bits per heavy atom. The van der Waals surface area contributed by atoms with Crippen molar-refractivity contribution < 1.29 is 4.74 Å². The summed E-state index contributed by atoms with van der Waals surface area (Å²) in [6, 6.07) is 8.82. The molecule has 1 heterocycles. The van der Waals surface area contributed by atoms with Gasteiger partial charge in [0.2, 0.25) is 0 Å². The van der Waals surface area contributed by atoms with Gasteiger partial charge in [-0.2, -0.15) is 0 Å². The lowest BCUT2D eigenvalue weighted by molar-refractivity contribution is -0.0704. The molecule has 0 bridgehead atoms. The number of nitrogens with two attached hydrogens (primary N) is 1. The summed E-state index contributed by atoms with van der Waals surface area (Å²) in [6.07, 6.45) is 1.64. The highest BCUT2D eigenvalue weighted by molar-refractivity contribution is 5.22. The minimum atomic E-state index is 0.338. The fourth-order valence-electron chi connectivity index (χ4n) is 2.65. The van der Waals surface area contributed by atoms with E-state index >= 15 is 0 Å². The average molecular weight is 248 g/mol. The summed E-state index contributed by atoms with van der Waals surface area (Å²) in [7, 11) is 0. The van der Waals surface area contributed by atoms with Crippen molar-refractivity contribution in [3.8, 4) is 0 Å². The largest absolute Gasteiger partial charge is 0.373 e. The van der Waals surface area contributed by atoms with Crippen molar-refractivity contribution >= 4 is 0 Å². The molecule has 0 amide bonds. The Morgan fingerprint density at radius 3 is 2.22 bits per heavy atom. The first-order chi connectivity index (χ1) is 8.67. The highest BCUT2D eigenvalue weighted by atomic mass is 16.5. The van der Waals surface area contributed by atoms with Crippen molar-refractivity contribution in [2.75, 3.05) is 19.6 Å². The molecule has 3 heteroatoms. The van der Waals surface area contributed by atoms with Crippen molar-refractivity contribution in [3.05, 3.63) is 35.4 Å². The van der Waals surface area contributed by atoms with Crippen LogP contribution in [0.1, 0.15) is 25.0 Å². The number of rotatable bonds is 4. The molecule has 0 radical (unpaired) electrons. The molecule has 1 fully saturated rings. The van der Waals surface area contributed by atoms with Gasteiger partial charge >= 0.3 is 0 Å². The molecule has 1 saturated heterocycles. The zero-order chi connectivity index (χ0) is 13.0. The van der Waals surface area contributed by atoms with E-state index in [0.29, 0.717) is 12.2 Å². The maximum Gasteiger partial charge on any atom is 0.0678 e. The van der Waals surface area contributed by atoms with Gasteiger partial charge in [-0.3, -0.25) is 4.90 Å². The normalized spacial score (nSPS) is 25.3. The number of hydrogen-bond donors (Lipinski definition) is 1. The molecule has 1 aliphatic rings. The molecule has 100 valence electrons. The molecular weight excluding hydrogens is 224 g/mol. The van der Waals surface area contributed by atoms with Gasteiger partial charge in [-0.05, 0) is 37.9 Å². The van der Waals surface area contributed by atoms with Crippen molar-refractivity contribution in [2.45, 2.75) is 39.0 Å². The van der Waals surface area contributed by atoms with Gasteiger partial charge in [0.05, 0.1) is 12.2 Å². The maximum absolute atomic E-state index is 5.75. The summed E-state index contributed by atoms with van der Waals surface area (Å²) in [5.74, 6) is 0. The van der Waals surface area contributed by atoms with E-state index in [1.54, 1.807) is 0 Å². The standard InChI is InChI=1S/C15H24N2O/c1-12-9-17(10-13(2)18-12)11-15-5-3-14(4-6-15)7-8-16/h3-6,12-13H,7-11,16H2,1-2H3/t12-,13+. The lowest BCUT2D eigenvalue weighted by Gasteiger charge is -2.35. The van der Waals surface area contributed by atoms with Crippen molar-refractivity contribution in [1.82, 2.24) is 4.90 Å². The Kier molecular flexibility index (Phi) is 4.75. The molecule has 0 saturated carbocycles. The van der Waals surface area contributed by atoms with Gasteiger partial charge < -0.3 is 10.5 Å². The first-order valence-corrected chi connectivity index (χ1v) is 6.83. The zero-order valence-corrected chi connectivity index (χ0v) is 11.4. The SMILES string of the molecule is C[C@@H]1CN(Cc2ccc(CCN)cc2)C[C@H](C)O1. The summed E-state index contributed by atoms with van der Waals surface area (Å²) in [5, 5.41) is 0. The van der Waals surface area contributed by atoms with E-state index in [9.17, 15) is 0 Å². The lowest BCUT2D eigenvalue weighted by Crippen LogP contribution is -2.44. The van der Waals surface area contributed by atoms with Crippen LogP contribution in [0.4, 0.5) is 0 Å². The number of benzene rings is 1. The molecule has 3 nitrogen and oxygen atoms in total. The second-order valence-electron chi connectivity index (χ2n) is 5.31. The number of morpholine rings is 1. The molecule has 2 atom stereocenters. The third-order valence-corrected chi connectivity index (χ3v) is 3.36. The molecule has 0 unspecified atom stereocenters. The van der Waals surface area contributed by atoms with Crippen LogP contribution in [0.5, 0.6) is 0 Å². The Labute approximate surface area is 110 Å². The molecule has 0 aliphatic carbocycles. The van der Waals surface area contributed by atoms with Crippen LogP contribution in [0.3, 0.4) is 0 Å². The topological polar surface area (TPSA) is 38.5 Å². The smallest absolute Gasteiger partial charge is 0.0678 e. The molecule has 2 N–H and O–H groups in total. The average Bonchev–Trinajstić information content (AvgIpc) is 2.31. The second-order valence-corrected chi connectivity index (χ2v) is 5.31. The van der Waals surface area contributed by atoms with Crippen LogP contribution < -0.4 is 5.73 Å². The summed E-state index contributed by atoms with van der Waals surface area (Å²) in [5.41, 5.74) is 8.25. The fourth-order valence-corrected chi connectivity index (χ4v) is 2.65. The second kappa shape index (κ2) is 6.32. The van der Waals surface area contributed by atoms with Crippen LogP contribution in [0.25, 0.3) is 0 Å². The number of nitrogens with zero attached hydrogens (tertiary/aromatic N) is 1. The zero-order valence-electron chi connectivity index (χ0n) is 11.4. The van der Waals surface area contributed by atoms with Crippen LogP contribution in [0.2, 0.25) is 0 Å². The summed E-state index contributed by atoms with van der Waals surface area (Å²) in [4.78, 5) is 2.47. The predicted molar refractivity (Wildman–Crippen MR) is 74.5 cm³/mol. The van der Waals surface area contributed by atoms with Gasteiger partial charge in [0, 0.05) is 19.6 Å². The van der Waals surface area contributed by atoms with Gasteiger partial charge in [0.15, 0.2) is 0 Å². The van der Waals surface area contributed by atoms with E-state index in [2.05, 4.69) is 43.0 Å². The van der Waals surface area contributed by atoms with Gasteiger partial charge in [-0.15, -0.1) is 0 Å². The maximum atomic E-state index is 5.75. The Balaban J connectivity index is 1.92. The number of hydrogen-bond acceptors (Lipinski definition) is 3. The highest BCUT2D eigenvalue weighted by Crippen LogP contribution is 2.14. The summed E-state index contributed by atoms with van der Waals surface area (Å²) >= 11 is 0. The van der Waals surface area contributed by atoms with Crippen LogP contribution in [-0.4, -0.2) is 36.7 Å². The van der Waals surface area contributed by atoms with Gasteiger partial charge in [-0.25, -0.2) is 0 Å². The quantitative estimate of drug-likeness (QED) is 0.883. The summed E-state index contributed by atoms with van der Waals surface area (Å²) in [6.45, 7) is 8.07. The van der Waals surface area contributed by atoms with E-state index in [1.807, 2.05) is 0 Å². The van der Waals surface area contributed by atoms with E-state index in [0.717, 1.165) is 32.6 Å². The van der Waals surface area contributed by atoms with Gasteiger partial charge in [-0.1, -0.05) is 24.3 Å². The Hall–Kier alpha value is -0.900. The number of ether oxygens (including phenoxy) is 1. The van der Waals surface area contributed by atoms with E-state index < -0.39 is 0 Å². The third-order valence-electron chi connectivity index (χ3n) is 3.36. The highest BCUT2D eigenvalue weighted by Gasteiger charge is 2.21. The molecule has 18 heavy (non-hydrogen) atoms. The monoisotopic (exact) mass is 248 g/mol. The Bertz CT molecular complexity index is 353. The minimum Gasteiger partial charge on any atom is -0.373 e. The lowest BCUT2D eigenvalue weighted by atomic mass is 10.1. The van der Waals surface area contributed by atoms with Crippen LogP contribution in [0.15, 0.2) is 24.3 Å². The molecule has 1 aromatic carbocycles. The molecule has 1 aliphatic heterocycles. The van der Waals surface area contributed by atoms with Gasteiger partial charge in [0.25, 0.3) is 0 Å². The predicted octanol–water partition coefficient (Wildman–Crippen LogP) is 1.80. The fraction of sp³-hybridized carbons (Fsp3) is 0.600. The Morgan fingerprint density at radius 2 is 1.67 bits per heavy atom. The first-order valence-electron chi connectivity index (χ1n) is 6.83. The molecule has 0 aromatic heterocycles. The van der Waals surface area contributed by atoms with E-state index in [-0.39, 0.29) is 0 Å². The summed E-state index contributed by atoms with van der Waals surface area (Å²) < 4.78 is 5.75. The van der Waals surface area contributed by atoms with Crippen molar-refractivity contribution in [1.29, 1.82) is 0 Å².